The van der Waals surface area contributed by atoms with E-state index < -0.39 is 24.1 Å². The van der Waals surface area contributed by atoms with E-state index >= 15 is 0 Å². The van der Waals surface area contributed by atoms with E-state index in [4.69, 9.17) is 0 Å². The van der Waals surface area contributed by atoms with Crippen molar-refractivity contribution in [3.05, 3.63) is 0 Å². The third kappa shape index (κ3) is 5.71. The highest BCUT2D eigenvalue weighted by Gasteiger charge is 2.39. The van der Waals surface area contributed by atoms with Gasteiger partial charge in [0.2, 0.25) is 0 Å². The van der Waals surface area contributed by atoms with Crippen LogP contribution in [0.15, 0.2) is 0 Å². The highest BCUT2D eigenvalue weighted by molar-refractivity contribution is 5.74. The number of carbonyl (C=O) groups is 1. The smallest absolute Gasteiger partial charge is 0.401 e. The van der Waals surface area contributed by atoms with Crippen molar-refractivity contribution in [3.63, 3.8) is 0 Å². The maximum Gasteiger partial charge on any atom is 0.401 e. The van der Waals surface area contributed by atoms with Crippen molar-refractivity contribution in [2.45, 2.75) is 52.8 Å². The van der Waals surface area contributed by atoms with Crippen LogP contribution in [0.25, 0.3) is 0 Å². The molecule has 0 amide bonds. The van der Waals surface area contributed by atoms with Crippen LogP contribution in [0.4, 0.5) is 13.2 Å². The van der Waals surface area contributed by atoms with Gasteiger partial charge in [-0.25, -0.2) is 0 Å². The number of alkyl halides is 3. The Morgan fingerprint density at radius 1 is 1.28 bits per heavy atom. The van der Waals surface area contributed by atoms with Gasteiger partial charge < -0.3 is 5.11 Å². The first-order chi connectivity index (χ1) is 8.02. The summed E-state index contributed by atoms with van der Waals surface area (Å²) < 4.78 is 37.3. The lowest BCUT2D eigenvalue weighted by atomic mass is 9.84. The number of rotatable bonds is 7. The quantitative estimate of drug-likeness (QED) is 0.772. The maximum atomic E-state index is 12.4. The van der Waals surface area contributed by atoms with Crippen molar-refractivity contribution in [2.24, 2.45) is 5.41 Å². The van der Waals surface area contributed by atoms with E-state index in [0.29, 0.717) is 12.8 Å². The summed E-state index contributed by atoms with van der Waals surface area (Å²) in [6, 6.07) is -0.345. The topological polar surface area (TPSA) is 40.5 Å². The molecule has 1 atom stereocenters. The van der Waals surface area contributed by atoms with Gasteiger partial charge in [0.15, 0.2) is 0 Å². The molecule has 0 aromatic carbocycles. The summed E-state index contributed by atoms with van der Waals surface area (Å²) in [5.74, 6) is -1.04. The summed E-state index contributed by atoms with van der Waals surface area (Å²) in [5.41, 5.74) is -1.13. The zero-order valence-corrected chi connectivity index (χ0v) is 11.3. The average Bonchev–Trinajstić information content (AvgIpc) is 2.14. The van der Waals surface area contributed by atoms with Crippen LogP contribution in [0.2, 0.25) is 0 Å². The molecule has 0 aromatic heterocycles. The predicted octanol–water partition coefficient (Wildman–Crippen LogP) is 3.15. The molecule has 0 rings (SSSR count). The Bertz CT molecular complexity index is 279. The van der Waals surface area contributed by atoms with E-state index in [1.165, 1.54) is 11.8 Å². The van der Waals surface area contributed by atoms with Crippen LogP contribution in [0.5, 0.6) is 0 Å². The van der Waals surface area contributed by atoms with E-state index in [1.54, 1.807) is 13.8 Å². The summed E-state index contributed by atoms with van der Waals surface area (Å²) in [4.78, 5) is 12.4. The lowest BCUT2D eigenvalue weighted by Gasteiger charge is -2.35. The summed E-state index contributed by atoms with van der Waals surface area (Å²) in [5, 5.41) is 9.18. The fourth-order valence-corrected chi connectivity index (χ4v) is 1.90. The fraction of sp³-hybridized carbons (Fsp3) is 0.917. The van der Waals surface area contributed by atoms with Crippen LogP contribution in [-0.2, 0) is 4.79 Å². The average molecular weight is 269 g/mol. The van der Waals surface area contributed by atoms with Crippen molar-refractivity contribution >= 4 is 5.97 Å². The minimum absolute atomic E-state index is 0.0899. The number of carboxylic acids is 1. The zero-order chi connectivity index (χ0) is 14.6. The molecular formula is C12H22F3NO2. The normalized spacial score (nSPS) is 16.1. The van der Waals surface area contributed by atoms with Crippen molar-refractivity contribution in [3.8, 4) is 0 Å². The van der Waals surface area contributed by atoms with Gasteiger partial charge in [0.1, 0.15) is 0 Å². The molecule has 6 heteroatoms. The van der Waals surface area contributed by atoms with Crippen molar-refractivity contribution in [1.29, 1.82) is 0 Å². The molecule has 0 saturated carbocycles. The molecule has 108 valence electrons. The van der Waals surface area contributed by atoms with Crippen molar-refractivity contribution < 1.29 is 23.1 Å². The molecule has 0 aromatic rings. The summed E-state index contributed by atoms with van der Waals surface area (Å²) >= 11 is 0. The Balaban J connectivity index is 4.89. The molecule has 3 nitrogen and oxygen atoms in total. The van der Waals surface area contributed by atoms with Gasteiger partial charge >= 0.3 is 12.1 Å². The minimum atomic E-state index is -4.31. The largest absolute Gasteiger partial charge is 0.481 e. The summed E-state index contributed by atoms with van der Waals surface area (Å²) in [6.07, 6.45) is -3.32. The van der Waals surface area contributed by atoms with E-state index in [1.807, 2.05) is 6.92 Å². The number of carboxylic acid groups (broad SMARTS) is 1. The first kappa shape index (κ1) is 17.2. The monoisotopic (exact) mass is 269 g/mol. The zero-order valence-electron chi connectivity index (χ0n) is 11.3. The first-order valence-electron chi connectivity index (χ1n) is 6.06. The number of aliphatic carboxylic acids is 1. The molecule has 1 N–H and O–H groups in total. The van der Waals surface area contributed by atoms with Crippen molar-refractivity contribution in [2.75, 3.05) is 13.1 Å². The van der Waals surface area contributed by atoms with Gasteiger partial charge in [0, 0.05) is 12.6 Å². The Hall–Kier alpha value is -0.780. The van der Waals surface area contributed by atoms with Gasteiger partial charge in [-0.3, -0.25) is 9.69 Å². The minimum Gasteiger partial charge on any atom is -0.481 e. The van der Waals surface area contributed by atoms with Crippen molar-refractivity contribution in [1.82, 2.24) is 4.90 Å². The molecule has 0 spiro atoms. The first-order valence-corrected chi connectivity index (χ1v) is 6.06. The van der Waals surface area contributed by atoms with Gasteiger partial charge in [-0.1, -0.05) is 13.3 Å². The Morgan fingerprint density at radius 2 is 1.78 bits per heavy atom. The molecule has 0 aliphatic heterocycles. The second-order valence-electron chi connectivity index (χ2n) is 5.23. The van der Waals surface area contributed by atoms with Gasteiger partial charge in [0.05, 0.1) is 12.0 Å². The van der Waals surface area contributed by atoms with Crippen LogP contribution in [-0.4, -0.2) is 41.3 Å². The van der Waals surface area contributed by atoms with E-state index in [0.717, 1.165) is 0 Å². The van der Waals surface area contributed by atoms with E-state index in [2.05, 4.69) is 0 Å². The predicted molar refractivity (Wildman–Crippen MR) is 63.4 cm³/mol. The molecule has 0 bridgehead atoms. The second-order valence-corrected chi connectivity index (χ2v) is 5.23. The molecule has 0 saturated heterocycles. The van der Waals surface area contributed by atoms with Crippen LogP contribution < -0.4 is 0 Å². The van der Waals surface area contributed by atoms with Gasteiger partial charge in [-0.05, 0) is 27.2 Å². The van der Waals surface area contributed by atoms with Gasteiger partial charge in [-0.2, -0.15) is 13.2 Å². The third-order valence-electron chi connectivity index (χ3n) is 2.98. The Labute approximate surface area is 106 Å². The number of hydrogen-bond donors (Lipinski definition) is 1. The SMILES string of the molecule is CCCC(C)(CN(CC(F)(F)F)C(C)C)C(=O)O. The molecule has 0 heterocycles. The lowest BCUT2D eigenvalue weighted by Crippen LogP contribution is -2.47. The van der Waals surface area contributed by atoms with Crippen LogP contribution >= 0.6 is 0 Å². The molecule has 0 aliphatic carbocycles. The van der Waals surface area contributed by atoms with Crippen LogP contribution in [0, 0.1) is 5.41 Å². The highest BCUT2D eigenvalue weighted by atomic mass is 19.4. The van der Waals surface area contributed by atoms with E-state index in [9.17, 15) is 23.1 Å². The third-order valence-corrected chi connectivity index (χ3v) is 2.98. The number of nitrogens with zero attached hydrogens (tertiary/aromatic N) is 1. The Morgan fingerprint density at radius 3 is 2.06 bits per heavy atom. The molecule has 1 unspecified atom stereocenters. The van der Waals surface area contributed by atoms with Gasteiger partial charge in [-0.15, -0.1) is 0 Å². The molecule has 18 heavy (non-hydrogen) atoms. The number of hydrogen-bond acceptors (Lipinski definition) is 2. The van der Waals surface area contributed by atoms with E-state index in [-0.39, 0.29) is 12.6 Å². The molecule has 0 fully saturated rings. The second kappa shape index (κ2) is 6.41. The molecule has 0 radical (unpaired) electrons. The summed E-state index contributed by atoms with van der Waals surface area (Å²) in [7, 11) is 0. The highest BCUT2D eigenvalue weighted by Crippen LogP contribution is 2.28. The lowest BCUT2D eigenvalue weighted by molar-refractivity contribution is -0.162. The summed E-state index contributed by atoms with van der Waals surface area (Å²) in [6.45, 7) is 5.44. The molecule has 0 aliphatic rings. The Kier molecular flexibility index (Phi) is 6.13. The fourth-order valence-electron chi connectivity index (χ4n) is 1.90. The standard InChI is InChI=1S/C12H22F3NO2/c1-5-6-11(4,10(17)18)7-16(9(2)3)8-12(13,14)15/h9H,5-8H2,1-4H3,(H,17,18). The number of halogens is 3. The van der Waals surface area contributed by atoms with Crippen LogP contribution in [0.3, 0.4) is 0 Å². The van der Waals surface area contributed by atoms with Crippen LogP contribution in [0.1, 0.15) is 40.5 Å². The van der Waals surface area contributed by atoms with Gasteiger partial charge in [0.25, 0.3) is 0 Å². The molecular weight excluding hydrogens is 247 g/mol. The maximum absolute atomic E-state index is 12.4.